The lowest BCUT2D eigenvalue weighted by atomic mass is 9.87. The highest BCUT2D eigenvalue weighted by Gasteiger charge is 2.29. The number of aryl methyl sites for hydroxylation is 1. The van der Waals surface area contributed by atoms with E-state index in [2.05, 4.69) is 49.1 Å². The van der Waals surface area contributed by atoms with E-state index >= 15 is 0 Å². The highest BCUT2D eigenvalue weighted by Crippen LogP contribution is 2.27. The van der Waals surface area contributed by atoms with Crippen LogP contribution in [0.2, 0.25) is 0 Å². The third-order valence-electron chi connectivity index (χ3n) is 4.98. The molecule has 112 valence electrons. The van der Waals surface area contributed by atoms with Gasteiger partial charge in [0.1, 0.15) is 0 Å². The Balaban J connectivity index is 1.86. The summed E-state index contributed by atoms with van der Waals surface area (Å²) in [6.45, 7) is 6.73. The topological polar surface area (TPSA) is 29.3 Å². The number of rotatable bonds is 6. The molecule has 0 radical (unpaired) electrons. The first-order valence-corrected chi connectivity index (χ1v) is 8.24. The van der Waals surface area contributed by atoms with Crippen LogP contribution in [0, 0.1) is 5.92 Å². The lowest BCUT2D eigenvalue weighted by Gasteiger charge is -2.42. The first-order valence-electron chi connectivity index (χ1n) is 8.24. The van der Waals surface area contributed by atoms with E-state index in [1.165, 1.54) is 44.2 Å². The Morgan fingerprint density at radius 3 is 2.70 bits per heavy atom. The Kier molecular flexibility index (Phi) is 6.06. The predicted octanol–water partition coefficient (Wildman–Crippen LogP) is 3.46. The van der Waals surface area contributed by atoms with E-state index in [1.54, 1.807) is 0 Å². The van der Waals surface area contributed by atoms with Crippen LogP contribution in [0.25, 0.3) is 0 Å². The molecule has 0 aliphatic carbocycles. The Morgan fingerprint density at radius 1 is 1.30 bits per heavy atom. The summed E-state index contributed by atoms with van der Waals surface area (Å²) >= 11 is 0. The molecule has 2 heteroatoms. The van der Waals surface area contributed by atoms with Gasteiger partial charge in [0.2, 0.25) is 0 Å². The third kappa shape index (κ3) is 4.07. The van der Waals surface area contributed by atoms with Crippen molar-refractivity contribution >= 4 is 0 Å². The molecule has 1 saturated heterocycles. The van der Waals surface area contributed by atoms with E-state index in [0.717, 1.165) is 12.5 Å². The first kappa shape index (κ1) is 15.5. The van der Waals surface area contributed by atoms with Gasteiger partial charge in [-0.1, -0.05) is 43.7 Å². The molecule has 1 aliphatic heterocycles. The normalized spacial score (nSPS) is 25.6. The van der Waals surface area contributed by atoms with Gasteiger partial charge >= 0.3 is 0 Å². The zero-order chi connectivity index (χ0) is 14.4. The molecule has 3 unspecified atom stereocenters. The quantitative estimate of drug-likeness (QED) is 0.861. The van der Waals surface area contributed by atoms with Crippen LogP contribution in [0.5, 0.6) is 0 Å². The summed E-state index contributed by atoms with van der Waals surface area (Å²) in [6, 6.07) is 12.1. The second kappa shape index (κ2) is 7.80. The molecule has 1 fully saturated rings. The number of benzene rings is 1. The Morgan fingerprint density at radius 2 is 2.05 bits per heavy atom. The van der Waals surface area contributed by atoms with Gasteiger partial charge in [0.25, 0.3) is 0 Å². The minimum Gasteiger partial charge on any atom is -0.329 e. The molecular formula is C18H30N2. The van der Waals surface area contributed by atoms with Crippen LogP contribution in [0.1, 0.15) is 45.1 Å². The van der Waals surface area contributed by atoms with Crippen LogP contribution in [0.3, 0.4) is 0 Å². The molecule has 1 aliphatic rings. The SMILES string of the molecule is CCC1CCN(C(C)CCc2ccccc2)C(CN)C1. The summed E-state index contributed by atoms with van der Waals surface area (Å²) in [4.78, 5) is 2.66. The molecule has 1 aromatic carbocycles. The second-order valence-electron chi connectivity index (χ2n) is 6.30. The molecule has 0 spiro atoms. The number of piperidine rings is 1. The molecule has 0 amide bonds. The number of hydrogen-bond acceptors (Lipinski definition) is 2. The van der Waals surface area contributed by atoms with Crippen molar-refractivity contribution in [2.24, 2.45) is 11.7 Å². The average molecular weight is 274 g/mol. The largest absolute Gasteiger partial charge is 0.329 e. The number of likely N-dealkylation sites (tertiary alicyclic amines) is 1. The van der Waals surface area contributed by atoms with E-state index in [9.17, 15) is 0 Å². The van der Waals surface area contributed by atoms with Crippen LogP contribution in [0.15, 0.2) is 30.3 Å². The van der Waals surface area contributed by atoms with E-state index in [4.69, 9.17) is 5.73 Å². The van der Waals surface area contributed by atoms with E-state index in [-0.39, 0.29) is 0 Å². The summed E-state index contributed by atoms with van der Waals surface area (Å²) in [5.41, 5.74) is 7.46. The third-order valence-corrected chi connectivity index (χ3v) is 4.98. The average Bonchev–Trinajstić information content (AvgIpc) is 2.52. The van der Waals surface area contributed by atoms with Gasteiger partial charge in [-0.15, -0.1) is 0 Å². The van der Waals surface area contributed by atoms with Crippen LogP contribution >= 0.6 is 0 Å². The summed E-state index contributed by atoms with van der Waals surface area (Å²) in [5.74, 6) is 0.890. The monoisotopic (exact) mass is 274 g/mol. The first-order chi connectivity index (χ1) is 9.74. The van der Waals surface area contributed by atoms with Gasteiger partial charge in [-0.05, 0) is 50.6 Å². The Labute approximate surface area is 124 Å². The van der Waals surface area contributed by atoms with Crippen LogP contribution < -0.4 is 5.73 Å². The molecule has 2 N–H and O–H groups in total. The van der Waals surface area contributed by atoms with Crippen molar-refractivity contribution < 1.29 is 0 Å². The van der Waals surface area contributed by atoms with Gasteiger partial charge in [0.05, 0.1) is 0 Å². The molecule has 2 rings (SSSR count). The van der Waals surface area contributed by atoms with Gasteiger partial charge in [0.15, 0.2) is 0 Å². The zero-order valence-corrected chi connectivity index (χ0v) is 13.1. The lowest BCUT2D eigenvalue weighted by molar-refractivity contribution is 0.0739. The van der Waals surface area contributed by atoms with Crippen LogP contribution in [-0.4, -0.2) is 30.1 Å². The summed E-state index contributed by atoms with van der Waals surface area (Å²) in [6.07, 6.45) is 6.36. The highest BCUT2D eigenvalue weighted by atomic mass is 15.2. The van der Waals surface area contributed by atoms with Gasteiger partial charge < -0.3 is 5.73 Å². The van der Waals surface area contributed by atoms with Crippen molar-refractivity contribution in [2.75, 3.05) is 13.1 Å². The number of nitrogens with two attached hydrogens (primary N) is 1. The van der Waals surface area contributed by atoms with Crippen molar-refractivity contribution in [1.82, 2.24) is 4.90 Å². The molecule has 0 aromatic heterocycles. The van der Waals surface area contributed by atoms with Crippen molar-refractivity contribution in [2.45, 2.75) is 58.0 Å². The number of hydrogen-bond donors (Lipinski definition) is 1. The highest BCUT2D eigenvalue weighted by molar-refractivity contribution is 5.14. The smallest absolute Gasteiger partial charge is 0.0223 e. The molecule has 3 atom stereocenters. The second-order valence-corrected chi connectivity index (χ2v) is 6.30. The Hall–Kier alpha value is -0.860. The molecule has 0 saturated carbocycles. The lowest BCUT2D eigenvalue weighted by Crippen LogP contribution is -2.50. The standard InChI is InChI=1S/C18H30N2/c1-3-16-11-12-20(18(13-16)14-19)15(2)9-10-17-7-5-4-6-8-17/h4-8,15-16,18H,3,9-14,19H2,1-2H3. The van der Waals surface area contributed by atoms with Crippen molar-refractivity contribution in [3.63, 3.8) is 0 Å². The predicted molar refractivity (Wildman–Crippen MR) is 86.8 cm³/mol. The maximum absolute atomic E-state index is 6.01. The van der Waals surface area contributed by atoms with Crippen LogP contribution in [-0.2, 0) is 6.42 Å². The zero-order valence-electron chi connectivity index (χ0n) is 13.1. The van der Waals surface area contributed by atoms with Gasteiger partial charge in [-0.2, -0.15) is 0 Å². The summed E-state index contributed by atoms with van der Waals surface area (Å²) < 4.78 is 0. The van der Waals surface area contributed by atoms with Gasteiger partial charge in [-0.3, -0.25) is 4.90 Å². The summed E-state index contributed by atoms with van der Waals surface area (Å²) in [7, 11) is 0. The molecule has 2 nitrogen and oxygen atoms in total. The fraction of sp³-hybridized carbons (Fsp3) is 0.667. The van der Waals surface area contributed by atoms with Crippen molar-refractivity contribution in [3.05, 3.63) is 35.9 Å². The van der Waals surface area contributed by atoms with E-state index in [1.807, 2.05) is 0 Å². The maximum atomic E-state index is 6.01. The van der Waals surface area contributed by atoms with E-state index in [0.29, 0.717) is 12.1 Å². The minimum absolute atomic E-state index is 0.597. The van der Waals surface area contributed by atoms with Gasteiger partial charge in [-0.25, -0.2) is 0 Å². The maximum Gasteiger partial charge on any atom is 0.0223 e. The minimum atomic E-state index is 0.597. The fourth-order valence-corrected chi connectivity index (χ4v) is 3.52. The van der Waals surface area contributed by atoms with Crippen LogP contribution in [0.4, 0.5) is 0 Å². The van der Waals surface area contributed by atoms with Crippen molar-refractivity contribution in [3.8, 4) is 0 Å². The van der Waals surface area contributed by atoms with Crippen molar-refractivity contribution in [1.29, 1.82) is 0 Å². The van der Waals surface area contributed by atoms with Gasteiger partial charge in [0, 0.05) is 18.6 Å². The molecular weight excluding hydrogens is 244 g/mol. The fourth-order valence-electron chi connectivity index (χ4n) is 3.52. The number of nitrogens with zero attached hydrogens (tertiary/aromatic N) is 1. The Bertz CT molecular complexity index is 376. The molecule has 0 bridgehead atoms. The molecule has 1 aromatic rings. The summed E-state index contributed by atoms with van der Waals surface area (Å²) in [5, 5.41) is 0. The molecule has 20 heavy (non-hydrogen) atoms. The molecule has 1 heterocycles. The van der Waals surface area contributed by atoms with E-state index < -0.39 is 0 Å².